The maximum absolute atomic E-state index is 12.5. The van der Waals surface area contributed by atoms with Crippen molar-refractivity contribution in [3.05, 3.63) is 0 Å². The van der Waals surface area contributed by atoms with Crippen LogP contribution in [0.4, 0.5) is 17.6 Å². The third-order valence-corrected chi connectivity index (χ3v) is 1.91. The van der Waals surface area contributed by atoms with Gasteiger partial charge in [0, 0.05) is 0 Å². The second kappa shape index (κ2) is 3.18. The maximum atomic E-state index is 12.5. The lowest BCUT2D eigenvalue weighted by Gasteiger charge is -2.34. The molecule has 2 N–H and O–H groups in total. The number of hydrogen-bond donors (Lipinski definition) is 2. The van der Waals surface area contributed by atoms with Crippen LogP contribution >= 0.6 is 0 Å². The van der Waals surface area contributed by atoms with Crippen molar-refractivity contribution in [1.29, 1.82) is 0 Å². The van der Waals surface area contributed by atoms with Gasteiger partial charge in [-0.2, -0.15) is 0 Å². The van der Waals surface area contributed by atoms with Crippen molar-refractivity contribution < 1.29 is 27.8 Å². The Labute approximate surface area is 65.8 Å². The first-order valence-corrected chi connectivity index (χ1v) is 3.39. The van der Waals surface area contributed by atoms with E-state index in [4.69, 9.17) is 10.2 Å². The number of aliphatic hydroxyl groups excluding tert-OH is 2. The summed E-state index contributed by atoms with van der Waals surface area (Å²) in [6.07, 6.45) is -14.9. The average Bonchev–Trinajstić information content (AvgIpc) is 2.08. The first kappa shape index (κ1) is 9.73. The Balaban J connectivity index is 2.76. The zero-order valence-electron chi connectivity index (χ0n) is 5.87. The summed E-state index contributed by atoms with van der Waals surface area (Å²) in [5.41, 5.74) is 0. The molecule has 0 aromatic rings. The Bertz CT molecular complexity index is 109. The molecule has 1 aliphatic rings. The van der Waals surface area contributed by atoms with Gasteiger partial charge in [-0.25, -0.2) is 17.6 Å². The number of aliphatic hydroxyl groups is 2. The van der Waals surface area contributed by atoms with Crippen LogP contribution in [0.25, 0.3) is 0 Å². The van der Waals surface area contributed by atoms with Crippen molar-refractivity contribution in [1.82, 2.24) is 0 Å². The summed E-state index contributed by atoms with van der Waals surface area (Å²) < 4.78 is 49.8. The average molecular weight is 188 g/mol. The van der Waals surface area contributed by atoms with Gasteiger partial charge in [0.25, 0.3) is 0 Å². The zero-order valence-corrected chi connectivity index (χ0v) is 5.87. The van der Waals surface area contributed by atoms with Crippen LogP contribution in [0.15, 0.2) is 0 Å². The van der Waals surface area contributed by atoms with E-state index >= 15 is 0 Å². The van der Waals surface area contributed by atoms with E-state index in [9.17, 15) is 17.6 Å². The standard InChI is InChI=1S/C6H8F4O2/c7-1-2(8)6(12)4(10)3(9)5(1)11/h1-6,11-12H. The Hall–Kier alpha value is -0.360. The molecule has 0 radical (unpaired) electrons. The van der Waals surface area contributed by atoms with Crippen LogP contribution in [-0.4, -0.2) is 47.1 Å². The van der Waals surface area contributed by atoms with Crippen molar-refractivity contribution in [2.75, 3.05) is 0 Å². The molecule has 0 aliphatic heterocycles. The first-order valence-electron chi connectivity index (χ1n) is 3.39. The number of hydrogen-bond acceptors (Lipinski definition) is 2. The van der Waals surface area contributed by atoms with E-state index < -0.39 is 36.9 Å². The predicted molar refractivity (Wildman–Crippen MR) is 31.6 cm³/mol. The van der Waals surface area contributed by atoms with Crippen LogP contribution in [0.5, 0.6) is 0 Å². The van der Waals surface area contributed by atoms with Crippen LogP contribution in [0.2, 0.25) is 0 Å². The Morgan fingerprint density at radius 3 is 0.917 bits per heavy atom. The first-order chi connectivity index (χ1) is 5.46. The minimum absolute atomic E-state index is 2.33. The zero-order chi connectivity index (χ0) is 9.46. The summed E-state index contributed by atoms with van der Waals surface area (Å²) in [4.78, 5) is 0. The van der Waals surface area contributed by atoms with Gasteiger partial charge in [-0.3, -0.25) is 0 Å². The molecular formula is C6H8F4O2. The lowest BCUT2D eigenvalue weighted by atomic mass is 9.88. The van der Waals surface area contributed by atoms with Gasteiger partial charge in [0.05, 0.1) is 0 Å². The van der Waals surface area contributed by atoms with Crippen LogP contribution in [0.1, 0.15) is 0 Å². The van der Waals surface area contributed by atoms with E-state index in [2.05, 4.69) is 0 Å². The quantitative estimate of drug-likeness (QED) is 0.528. The summed E-state index contributed by atoms with van der Waals surface area (Å²) >= 11 is 0. The third-order valence-electron chi connectivity index (χ3n) is 1.91. The molecule has 0 aromatic carbocycles. The molecule has 0 heterocycles. The molecule has 1 rings (SSSR count). The monoisotopic (exact) mass is 188 g/mol. The molecule has 6 heteroatoms. The van der Waals surface area contributed by atoms with Gasteiger partial charge in [0.15, 0.2) is 24.7 Å². The summed E-state index contributed by atoms with van der Waals surface area (Å²) in [6.45, 7) is 0. The predicted octanol–water partition coefficient (Wildman–Crippen LogP) is 0.0742. The van der Waals surface area contributed by atoms with Crippen molar-refractivity contribution in [3.63, 3.8) is 0 Å². The van der Waals surface area contributed by atoms with Crippen LogP contribution in [-0.2, 0) is 0 Å². The Morgan fingerprint density at radius 1 is 0.583 bits per heavy atom. The van der Waals surface area contributed by atoms with Crippen LogP contribution in [0.3, 0.4) is 0 Å². The van der Waals surface area contributed by atoms with E-state index in [0.29, 0.717) is 0 Å². The minimum Gasteiger partial charge on any atom is -0.387 e. The molecule has 1 fully saturated rings. The topological polar surface area (TPSA) is 40.5 Å². The lowest BCUT2D eigenvalue weighted by molar-refractivity contribution is -0.146. The molecule has 12 heavy (non-hydrogen) atoms. The van der Waals surface area contributed by atoms with Gasteiger partial charge >= 0.3 is 0 Å². The molecule has 0 aromatic heterocycles. The lowest BCUT2D eigenvalue weighted by Crippen LogP contribution is -2.57. The molecule has 1 aliphatic carbocycles. The van der Waals surface area contributed by atoms with E-state index in [0.717, 1.165) is 0 Å². The molecule has 4 unspecified atom stereocenters. The second-order valence-corrected chi connectivity index (χ2v) is 2.76. The molecule has 4 atom stereocenters. The van der Waals surface area contributed by atoms with Gasteiger partial charge < -0.3 is 10.2 Å². The van der Waals surface area contributed by atoms with Crippen molar-refractivity contribution in [2.24, 2.45) is 0 Å². The van der Waals surface area contributed by atoms with Gasteiger partial charge in [0.1, 0.15) is 12.2 Å². The summed E-state index contributed by atoms with van der Waals surface area (Å²) in [7, 11) is 0. The highest BCUT2D eigenvalue weighted by Crippen LogP contribution is 2.29. The van der Waals surface area contributed by atoms with E-state index in [-0.39, 0.29) is 0 Å². The van der Waals surface area contributed by atoms with Crippen molar-refractivity contribution in [3.8, 4) is 0 Å². The largest absolute Gasteiger partial charge is 0.387 e. The highest BCUT2D eigenvalue weighted by Gasteiger charge is 2.51. The molecule has 0 bridgehead atoms. The molecule has 0 saturated heterocycles. The smallest absolute Gasteiger partial charge is 0.163 e. The van der Waals surface area contributed by atoms with E-state index in [1.54, 1.807) is 0 Å². The number of rotatable bonds is 0. The molecular weight excluding hydrogens is 180 g/mol. The Kier molecular flexibility index (Phi) is 2.58. The Morgan fingerprint density at radius 2 is 0.750 bits per heavy atom. The molecule has 0 amide bonds. The highest BCUT2D eigenvalue weighted by molar-refractivity contribution is 4.99. The van der Waals surface area contributed by atoms with Gasteiger partial charge in [-0.1, -0.05) is 0 Å². The minimum atomic E-state index is -2.57. The SMILES string of the molecule is OC1C(F)C(F)C(O)C(F)C1F. The molecule has 0 spiro atoms. The fourth-order valence-electron chi connectivity index (χ4n) is 1.10. The molecule has 2 nitrogen and oxygen atoms in total. The third kappa shape index (κ3) is 1.29. The van der Waals surface area contributed by atoms with Gasteiger partial charge in [-0.15, -0.1) is 0 Å². The van der Waals surface area contributed by atoms with Crippen LogP contribution < -0.4 is 0 Å². The fraction of sp³-hybridized carbons (Fsp3) is 1.00. The van der Waals surface area contributed by atoms with Crippen molar-refractivity contribution in [2.45, 2.75) is 36.9 Å². The van der Waals surface area contributed by atoms with Gasteiger partial charge in [-0.05, 0) is 0 Å². The summed E-state index contributed by atoms with van der Waals surface area (Å²) in [6, 6.07) is 0. The van der Waals surface area contributed by atoms with Gasteiger partial charge in [0.2, 0.25) is 0 Å². The second-order valence-electron chi connectivity index (χ2n) is 2.76. The number of halogens is 4. The van der Waals surface area contributed by atoms with Crippen molar-refractivity contribution >= 4 is 0 Å². The molecule has 1 saturated carbocycles. The highest BCUT2D eigenvalue weighted by atomic mass is 19.2. The van der Waals surface area contributed by atoms with E-state index in [1.807, 2.05) is 0 Å². The summed E-state index contributed by atoms with van der Waals surface area (Å²) in [5.74, 6) is 0. The number of alkyl halides is 4. The summed E-state index contributed by atoms with van der Waals surface area (Å²) in [5, 5.41) is 17.1. The van der Waals surface area contributed by atoms with Crippen LogP contribution in [0, 0.1) is 0 Å². The molecule has 72 valence electrons. The normalized spacial score (nSPS) is 55.5. The van der Waals surface area contributed by atoms with E-state index in [1.165, 1.54) is 0 Å². The maximum Gasteiger partial charge on any atom is 0.163 e. The fourth-order valence-corrected chi connectivity index (χ4v) is 1.10.